The molecule has 0 saturated heterocycles. The Morgan fingerprint density at radius 3 is 2.75 bits per heavy atom. The van der Waals surface area contributed by atoms with Crippen molar-refractivity contribution in [1.29, 1.82) is 0 Å². The molecule has 0 atom stereocenters. The van der Waals surface area contributed by atoms with Gasteiger partial charge in [0.15, 0.2) is 0 Å². The summed E-state index contributed by atoms with van der Waals surface area (Å²) in [5.41, 5.74) is 2.69. The van der Waals surface area contributed by atoms with Crippen molar-refractivity contribution < 1.29 is 0 Å². The summed E-state index contributed by atoms with van der Waals surface area (Å²) in [7, 11) is 0. The Labute approximate surface area is 49.2 Å². The van der Waals surface area contributed by atoms with Crippen LogP contribution in [-0.4, -0.2) is 17.8 Å². The first-order valence-corrected chi connectivity index (χ1v) is 3.04. The van der Waals surface area contributed by atoms with Gasteiger partial charge in [-0.05, 0) is 12.8 Å². The summed E-state index contributed by atoms with van der Waals surface area (Å²) in [6, 6.07) is 0.287. The van der Waals surface area contributed by atoms with Crippen molar-refractivity contribution in [1.82, 2.24) is 10.6 Å². The smallest absolute Gasteiger partial charge is 0.0109 e. The Kier molecular flexibility index (Phi) is 1.83. The molecule has 0 bridgehead atoms. The van der Waals surface area contributed by atoms with Gasteiger partial charge in [-0.25, -0.2) is 0 Å². The molecule has 1 fully saturated rings. The average Bonchev–Trinajstić information content (AvgIpc) is 2.45. The maximum atomic E-state index is 10.6. The molecule has 0 aromatic carbocycles. The minimum absolute atomic E-state index is 0.287. The fourth-order valence-electron chi connectivity index (χ4n) is 0.594. The Hall–Kier alpha value is -0.120. The van der Waals surface area contributed by atoms with Gasteiger partial charge in [-0.1, -0.05) is 6.92 Å². The van der Waals surface area contributed by atoms with E-state index in [1.54, 1.807) is 0 Å². The number of hydrogen-bond donors (Lipinski definition) is 1. The van der Waals surface area contributed by atoms with Gasteiger partial charge in [0, 0.05) is 12.6 Å². The van der Waals surface area contributed by atoms with E-state index in [2.05, 4.69) is 5.43 Å². The number of hydrogen-bond acceptors (Lipinski definition) is 3. The zero-order valence-corrected chi connectivity index (χ0v) is 5.05. The normalized spacial score (nSPS) is 19.9. The van der Waals surface area contributed by atoms with Gasteiger partial charge in [0.1, 0.15) is 0 Å². The van der Waals surface area contributed by atoms with E-state index in [9.17, 15) is 5.21 Å². The molecule has 0 radical (unpaired) electrons. The molecule has 0 heterocycles. The molecule has 0 unspecified atom stereocenters. The van der Waals surface area contributed by atoms with Gasteiger partial charge in [0.05, 0.1) is 0 Å². The summed E-state index contributed by atoms with van der Waals surface area (Å²) >= 11 is 0. The molecule has 1 saturated carbocycles. The van der Waals surface area contributed by atoms with Gasteiger partial charge >= 0.3 is 0 Å². The van der Waals surface area contributed by atoms with Crippen LogP contribution in [0.1, 0.15) is 19.8 Å². The second-order valence-corrected chi connectivity index (χ2v) is 2.07. The highest BCUT2D eigenvalue weighted by molar-refractivity contribution is 4.82. The van der Waals surface area contributed by atoms with Crippen LogP contribution >= 0.6 is 0 Å². The van der Waals surface area contributed by atoms with Gasteiger partial charge in [0.2, 0.25) is 0 Å². The molecule has 48 valence electrons. The predicted octanol–water partition coefficient (Wildman–Crippen LogP) is 0.473. The van der Waals surface area contributed by atoms with Gasteiger partial charge < -0.3 is 10.4 Å². The first kappa shape index (κ1) is 6.01. The Morgan fingerprint density at radius 1 is 1.75 bits per heavy atom. The topological polar surface area (TPSA) is 38.3 Å². The van der Waals surface area contributed by atoms with Crippen LogP contribution in [-0.2, 0) is 0 Å². The van der Waals surface area contributed by atoms with Crippen LogP contribution in [0.2, 0.25) is 0 Å². The second kappa shape index (κ2) is 2.44. The van der Waals surface area contributed by atoms with E-state index in [1.165, 1.54) is 0 Å². The van der Waals surface area contributed by atoms with Crippen LogP contribution in [0.3, 0.4) is 0 Å². The highest BCUT2D eigenvalue weighted by Gasteiger charge is 2.21. The van der Waals surface area contributed by atoms with Crippen molar-refractivity contribution in [2.45, 2.75) is 25.8 Å². The van der Waals surface area contributed by atoms with Crippen LogP contribution in [0, 0.1) is 5.21 Å². The molecule has 3 nitrogen and oxygen atoms in total. The van der Waals surface area contributed by atoms with E-state index in [0.717, 1.165) is 24.6 Å². The number of hydrazine groups is 1. The molecule has 1 N–H and O–H groups in total. The van der Waals surface area contributed by atoms with E-state index in [-0.39, 0.29) is 6.04 Å². The Balaban J connectivity index is 2.03. The van der Waals surface area contributed by atoms with Crippen LogP contribution in [0.25, 0.3) is 0 Å². The third kappa shape index (κ3) is 1.43. The van der Waals surface area contributed by atoms with E-state index >= 15 is 0 Å². The monoisotopic (exact) mass is 115 g/mol. The number of nitrogens with zero attached hydrogens (tertiary/aromatic N) is 1. The maximum Gasteiger partial charge on any atom is 0.0109 e. The summed E-state index contributed by atoms with van der Waals surface area (Å²) in [5, 5.41) is 11.6. The highest BCUT2D eigenvalue weighted by Crippen LogP contribution is 2.23. The SMILES string of the molecule is CCNN([O-])C1CC1. The zero-order chi connectivity index (χ0) is 5.98. The lowest BCUT2D eigenvalue weighted by Gasteiger charge is -2.27. The van der Waals surface area contributed by atoms with Crippen LogP contribution < -0.4 is 5.43 Å². The van der Waals surface area contributed by atoms with Gasteiger partial charge in [0.25, 0.3) is 0 Å². The third-order valence-corrected chi connectivity index (χ3v) is 1.19. The van der Waals surface area contributed by atoms with E-state index in [0.29, 0.717) is 0 Å². The minimum Gasteiger partial charge on any atom is -0.771 e. The predicted molar refractivity (Wildman–Crippen MR) is 31.9 cm³/mol. The minimum atomic E-state index is 0.287. The fourth-order valence-corrected chi connectivity index (χ4v) is 0.594. The van der Waals surface area contributed by atoms with Gasteiger partial charge in [-0.2, -0.15) is 0 Å². The summed E-state index contributed by atoms with van der Waals surface area (Å²) in [6.45, 7) is 2.66. The fraction of sp³-hybridized carbons (Fsp3) is 1.00. The molecule has 0 aromatic heterocycles. The molecule has 8 heavy (non-hydrogen) atoms. The maximum absolute atomic E-state index is 10.6. The molecule has 0 spiro atoms. The third-order valence-electron chi connectivity index (χ3n) is 1.19. The van der Waals surface area contributed by atoms with E-state index in [4.69, 9.17) is 0 Å². The van der Waals surface area contributed by atoms with Gasteiger partial charge in [-0.3, -0.25) is 5.43 Å². The summed E-state index contributed by atoms with van der Waals surface area (Å²) in [4.78, 5) is 0. The van der Waals surface area contributed by atoms with Crippen molar-refractivity contribution >= 4 is 0 Å². The lowest BCUT2D eigenvalue weighted by molar-refractivity contribution is 0.269. The molecule has 0 aliphatic heterocycles. The Morgan fingerprint density at radius 2 is 2.38 bits per heavy atom. The molecular formula is C5H11N2O-. The molecule has 0 aromatic rings. The number of hydroxylamine groups is 1. The van der Waals surface area contributed by atoms with Crippen molar-refractivity contribution in [2.75, 3.05) is 6.54 Å². The molecular weight excluding hydrogens is 104 g/mol. The van der Waals surface area contributed by atoms with Crippen LogP contribution in [0.5, 0.6) is 0 Å². The molecule has 1 rings (SSSR count). The van der Waals surface area contributed by atoms with Crippen LogP contribution in [0.15, 0.2) is 0 Å². The van der Waals surface area contributed by atoms with Crippen LogP contribution in [0.4, 0.5) is 0 Å². The van der Waals surface area contributed by atoms with Crippen molar-refractivity contribution in [3.05, 3.63) is 5.21 Å². The van der Waals surface area contributed by atoms with Crippen molar-refractivity contribution in [3.63, 3.8) is 0 Å². The standard InChI is InChI=1S/C5H11N2O/c1-2-6-7(8)5-3-4-5/h5-6H,2-4H2,1H3/q-1. The molecule has 1 aliphatic rings. The Bertz CT molecular complexity index is 72.8. The molecule has 0 amide bonds. The quantitative estimate of drug-likeness (QED) is 0.543. The first-order valence-electron chi connectivity index (χ1n) is 3.04. The number of nitrogens with one attached hydrogen (secondary N) is 1. The largest absolute Gasteiger partial charge is 0.771 e. The lowest BCUT2D eigenvalue weighted by atomic mass is 10.7. The summed E-state index contributed by atoms with van der Waals surface area (Å²) in [6.07, 6.45) is 2.13. The second-order valence-electron chi connectivity index (χ2n) is 2.07. The average molecular weight is 115 g/mol. The highest BCUT2D eigenvalue weighted by atomic mass is 16.5. The lowest BCUT2D eigenvalue weighted by Crippen LogP contribution is -2.34. The number of rotatable bonds is 3. The van der Waals surface area contributed by atoms with E-state index < -0.39 is 0 Å². The summed E-state index contributed by atoms with van der Waals surface area (Å²) in [5.74, 6) is 0. The zero-order valence-electron chi connectivity index (χ0n) is 5.05. The van der Waals surface area contributed by atoms with E-state index in [1.807, 2.05) is 6.92 Å². The summed E-state index contributed by atoms with van der Waals surface area (Å²) < 4.78 is 0. The van der Waals surface area contributed by atoms with Crippen molar-refractivity contribution in [2.24, 2.45) is 0 Å². The van der Waals surface area contributed by atoms with Gasteiger partial charge in [-0.15, -0.1) is 0 Å². The molecule has 3 heteroatoms. The van der Waals surface area contributed by atoms with Crippen molar-refractivity contribution in [3.8, 4) is 0 Å². The molecule has 1 aliphatic carbocycles. The first-order chi connectivity index (χ1) is 3.84.